The molecule has 27 heavy (non-hydrogen) atoms. The largest absolute Gasteiger partial charge is 0.493 e. The van der Waals surface area contributed by atoms with Crippen LogP contribution in [0.4, 0.5) is 0 Å². The minimum atomic E-state index is 0.468. The molecule has 0 radical (unpaired) electrons. The first-order valence-electron chi connectivity index (χ1n) is 9.04. The molecule has 0 N–H and O–H groups in total. The van der Waals surface area contributed by atoms with Crippen LogP contribution in [0.1, 0.15) is 11.1 Å². The predicted octanol–water partition coefficient (Wildman–Crippen LogP) is 3.56. The Bertz CT molecular complexity index is 806. The molecule has 140 valence electrons. The maximum atomic E-state index is 9.51. The van der Waals surface area contributed by atoms with Crippen LogP contribution in [0.15, 0.2) is 60.3 Å². The van der Waals surface area contributed by atoms with Crippen molar-refractivity contribution in [2.24, 2.45) is 0 Å². The number of nitrogens with zero attached hydrogens (tertiary/aromatic N) is 2. The molecule has 0 aliphatic carbocycles. The maximum Gasteiger partial charge on any atom is 0.161 e. The Morgan fingerprint density at radius 3 is 2.59 bits per heavy atom. The third-order valence-corrected chi connectivity index (χ3v) is 4.39. The summed E-state index contributed by atoms with van der Waals surface area (Å²) in [5, 5.41) is 9.51. The first kappa shape index (κ1) is 18.8. The van der Waals surface area contributed by atoms with Gasteiger partial charge in [-0.25, -0.2) is 0 Å². The normalized spacial score (nSPS) is 14.5. The van der Waals surface area contributed by atoms with Crippen molar-refractivity contribution >= 4 is 0 Å². The molecule has 0 atom stereocenters. The third-order valence-electron chi connectivity index (χ3n) is 4.39. The summed E-state index contributed by atoms with van der Waals surface area (Å²) in [5.74, 6) is 1.37. The summed E-state index contributed by atoms with van der Waals surface area (Å²) in [6, 6.07) is 18.1. The number of nitriles is 1. The van der Waals surface area contributed by atoms with Crippen molar-refractivity contribution in [2.45, 2.75) is 13.0 Å². The topological polar surface area (TPSA) is 54.7 Å². The average molecular weight is 364 g/mol. The molecule has 0 aromatic heterocycles. The highest BCUT2D eigenvalue weighted by Crippen LogP contribution is 2.29. The van der Waals surface area contributed by atoms with Gasteiger partial charge in [0.25, 0.3) is 0 Å². The van der Waals surface area contributed by atoms with E-state index in [0.29, 0.717) is 37.7 Å². The van der Waals surface area contributed by atoms with Crippen LogP contribution in [0.3, 0.4) is 0 Å². The summed E-state index contributed by atoms with van der Waals surface area (Å²) in [5.41, 5.74) is 2.82. The van der Waals surface area contributed by atoms with Gasteiger partial charge in [-0.2, -0.15) is 5.26 Å². The Balaban J connectivity index is 1.71. The molecule has 1 fully saturated rings. The predicted molar refractivity (Wildman–Crippen MR) is 104 cm³/mol. The molecule has 0 bridgehead atoms. The molecule has 5 nitrogen and oxygen atoms in total. The summed E-state index contributed by atoms with van der Waals surface area (Å²) in [6.07, 6.45) is 2.50. The first-order valence-corrected chi connectivity index (χ1v) is 9.04. The Morgan fingerprint density at radius 2 is 1.89 bits per heavy atom. The molecule has 1 saturated heterocycles. The standard InChI is InChI=1S/C22H24N2O3/c1-25-21-8-7-19(13-20(15-23)16-24-9-11-26-12-10-24)14-22(21)27-17-18-5-3-2-4-6-18/h2-8,14,16H,9-13,17H2,1H3. The maximum absolute atomic E-state index is 9.51. The van der Waals surface area contributed by atoms with E-state index in [1.807, 2.05) is 54.7 Å². The summed E-state index contributed by atoms with van der Waals surface area (Å²) in [6.45, 7) is 3.51. The van der Waals surface area contributed by atoms with Gasteiger partial charge in [0.15, 0.2) is 11.5 Å². The van der Waals surface area contributed by atoms with Crippen molar-refractivity contribution in [3.05, 3.63) is 71.4 Å². The summed E-state index contributed by atoms with van der Waals surface area (Å²) >= 11 is 0. The highest BCUT2D eigenvalue weighted by molar-refractivity contribution is 5.45. The van der Waals surface area contributed by atoms with Gasteiger partial charge in [-0.15, -0.1) is 0 Å². The molecular formula is C22H24N2O3. The van der Waals surface area contributed by atoms with Crippen LogP contribution in [0.2, 0.25) is 0 Å². The van der Waals surface area contributed by atoms with Crippen LogP contribution >= 0.6 is 0 Å². The lowest BCUT2D eigenvalue weighted by Crippen LogP contribution is -2.32. The number of rotatable bonds is 7. The zero-order valence-electron chi connectivity index (χ0n) is 15.6. The van der Waals surface area contributed by atoms with Gasteiger partial charge in [0.1, 0.15) is 6.61 Å². The van der Waals surface area contributed by atoms with E-state index in [9.17, 15) is 5.26 Å². The molecule has 0 amide bonds. The molecule has 5 heteroatoms. The lowest BCUT2D eigenvalue weighted by Gasteiger charge is -2.25. The molecule has 0 spiro atoms. The zero-order chi connectivity index (χ0) is 18.9. The number of hydrogen-bond acceptors (Lipinski definition) is 5. The second-order valence-corrected chi connectivity index (χ2v) is 6.35. The second-order valence-electron chi connectivity index (χ2n) is 6.35. The molecule has 1 heterocycles. The number of ether oxygens (including phenoxy) is 3. The Labute approximate surface area is 160 Å². The minimum Gasteiger partial charge on any atom is -0.493 e. The third kappa shape index (κ3) is 5.50. The minimum absolute atomic E-state index is 0.468. The SMILES string of the molecule is COc1ccc(CC(C#N)=CN2CCOCC2)cc1OCc1ccccc1. The Hall–Kier alpha value is -2.97. The average Bonchev–Trinajstić information content (AvgIpc) is 2.73. The zero-order valence-corrected chi connectivity index (χ0v) is 15.6. The van der Waals surface area contributed by atoms with E-state index < -0.39 is 0 Å². The van der Waals surface area contributed by atoms with Crippen molar-refractivity contribution in [1.29, 1.82) is 5.26 Å². The van der Waals surface area contributed by atoms with Crippen LogP contribution in [0, 0.1) is 11.3 Å². The molecule has 0 saturated carbocycles. The van der Waals surface area contributed by atoms with Crippen molar-refractivity contribution in [3.8, 4) is 17.6 Å². The molecule has 1 aliphatic rings. The van der Waals surface area contributed by atoms with E-state index in [1.165, 1.54) is 0 Å². The number of hydrogen-bond donors (Lipinski definition) is 0. The lowest BCUT2D eigenvalue weighted by atomic mass is 10.1. The van der Waals surface area contributed by atoms with Gasteiger partial charge in [0, 0.05) is 31.3 Å². The van der Waals surface area contributed by atoms with Gasteiger partial charge >= 0.3 is 0 Å². The smallest absolute Gasteiger partial charge is 0.161 e. The van der Waals surface area contributed by atoms with Gasteiger partial charge in [-0.1, -0.05) is 36.4 Å². The van der Waals surface area contributed by atoms with Crippen LogP contribution in [0.25, 0.3) is 0 Å². The molecule has 0 unspecified atom stereocenters. The van der Waals surface area contributed by atoms with Gasteiger partial charge < -0.3 is 19.1 Å². The van der Waals surface area contributed by atoms with Crippen molar-refractivity contribution < 1.29 is 14.2 Å². The van der Waals surface area contributed by atoms with Crippen LogP contribution in [-0.4, -0.2) is 38.3 Å². The van der Waals surface area contributed by atoms with E-state index in [4.69, 9.17) is 14.2 Å². The highest BCUT2D eigenvalue weighted by atomic mass is 16.5. The fourth-order valence-electron chi connectivity index (χ4n) is 2.94. The molecule has 1 aliphatic heterocycles. The molecule has 2 aromatic carbocycles. The summed E-state index contributed by atoms with van der Waals surface area (Å²) < 4.78 is 16.7. The second kappa shape index (κ2) is 9.65. The van der Waals surface area contributed by atoms with Crippen LogP contribution in [0.5, 0.6) is 11.5 Å². The lowest BCUT2D eigenvalue weighted by molar-refractivity contribution is 0.0591. The van der Waals surface area contributed by atoms with E-state index in [2.05, 4.69) is 11.0 Å². The fourth-order valence-corrected chi connectivity index (χ4v) is 2.94. The van der Waals surface area contributed by atoms with E-state index in [0.717, 1.165) is 29.8 Å². The molecular weight excluding hydrogens is 340 g/mol. The Kier molecular flexibility index (Phi) is 6.72. The van der Waals surface area contributed by atoms with E-state index in [-0.39, 0.29) is 0 Å². The van der Waals surface area contributed by atoms with Crippen LogP contribution < -0.4 is 9.47 Å². The van der Waals surface area contributed by atoms with Gasteiger partial charge in [-0.05, 0) is 23.3 Å². The molecule has 2 aromatic rings. The summed E-state index contributed by atoms with van der Waals surface area (Å²) in [7, 11) is 1.63. The van der Waals surface area contributed by atoms with Gasteiger partial charge in [0.05, 0.1) is 26.4 Å². The van der Waals surface area contributed by atoms with Gasteiger partial charge in [-0.3, -0.25) is 0 Å². The number of morpholine rings is 1. The number of benzene rings is 2. The molecule has 3 rings (SSSR count). The number of methoxy groups -OCH3 is 1. The highest BCUT2D eigenvalue weighted by Gasteiger charge is 2.11. The van der Waals surface area contributed by atoms with Crippen molar-refractivity contribution in [1.82, 2.24) is 4.90 Å². The van der Waals surface area contributed by atoms with Gasteiger partial charge in [0.2, 0.25) is 0 Å². The monoisotopic (exact) mass is 364 g/mol. The first-order chi connectivity index (χ1) is 13.3. The fraction of sp³-hybridized carbons (Fsp3) is 0.318. The summed E-state index contributed by atoms with van der Waals surface area (Å²) in [4.78, 5) is 2.14. The van der Waals surface area contributed by atoms with Crippen molar-refractivity contribution in [2.75, 3.05) is 33.4 Å². The van der Waals surface area contributed by atoms with E-state index in [1.54, 1.807) is 7.11 Å². The number of allylic oxidation sites excluding steroid dienone is 1. The van der Waals surface area contributed by atoms with Crippen LogP contribution in [-0.2, 0) is 17.8 Å². The Morgan fingerprint density at radius 1 is 1.11 bits per heavy atom. The van der Waals surface area contributed by atoms with E-state index >= 15 is 0 Å². The van der Waals surface area contributed by atoms with Crippen molar-refractivity contribution in [3.63, 3.8) is 0 Å². The quantitative estimate of drug-likeness (QED) is 0.703.